The zero-order valence-electron chi connectivity index (χ0n) is 19.1. The van der Waals surface area contributed by atoms with Crippen LogP contribution in [0.5, 0.6) is 0 Å². The Bertz CT molecular complexity index is 929. The lowest BCUT2D eigenvalue weighted by atomic mass is 9.91. The van der Waals surface area contributed by atoms with Crippen molar-refractivity contribution < 1.29 is 23.5 Å². The van der Waals surface area contributed by atoms with Crippen LogP contribution >= 0.6 is 0 Å². The highest BCUT2D eigenvalue weighted by atomic mass is 19.1. The molecule has 1 aliphatic heterocycles. The van der Waals surface area contributed by atoms with Crippen molar-refractivity contribution in [3.05, 3.63) is 71.5 Å². The molecule has 172 valence electrons. The normalized spacial score (nSPS) is 18.7. The van der Waals surface area contributed by atoms with Gasteiger partial charge in [-0.1, -0.05) is 48.5 Å². The van der Waals surface area contributed by atoms with E-state index in [1.54, 1.807) is 35.0 Å². The summed E-state index contributed by atoms with van der Waals surface area (Å²) >= 11 is 0. The first-order valence-electron chi connectivity index (χ1n) is 10.8. The quantitative estimate of drug-likeness (QED) is 0.624. The van der Waals surface area contributed by atoms with Gasteiger partial charge in [0.05, 0.1) is 6.04 Å². The molecule has 1 saturated heterocycles. The highest BCUT2D eigenvalue weighted by Gasteiger charge is 2.38. The average Bonchev–Trinajstić information content (AvgIpc) is 2.76. The van der Waals surface area contributed by atoms with Gasteiger partial charge in [-0.15, -0.1) is 0 Å². The van der Waals surface area contributed by atoms with Gasteiger partial charge in [-0.25, -0.2) is 14.0 Å². The summed E-state index contributed by atoms with van der Waals surface area (Å²) in [6.07, 6.45) is -0.00603. The van der Waals surface area contributed by atoms with Gasteiger partial charge in [-0.05, 0) is 45.2 Å². The van der Waals surface area contributed by atoms with E-state index in [0.29, 0.717) is 24.9 Å². The molecule has 0 radical (unpaired) electrons. The molecule has 0 bridgehead atoms. The fourth-order valence-electron chi connectivity index (χ4n) is 3.84. The summed E-state index contributed by atoms with van der Waals surface area (Å²) in [5, 5.41) is 0. The lowest BCUT2D eigenvalue weighted by Crippen LogP contribution is -2.50. The molecule has 0 spiro atoms. The van der Waals surface area contributed by atoms with E-state index in [4.69, 9.17) is 9.47 Å². The predicted octanol–water partition coefficient (Wildman–Crippen LogP) is 5.53. The van der Waals surface area contributed by atoms with E-state index in [1.165, 1.54) is 6.07 Å². The maximum Gasteiger partial charge on any atom is 0.410 e. The minimum absolute atomic E-state index is 0.140. The molecule has 0 aliphatic carbocycles. The van der Waals surface area contributed by atoms with E-state index >= 15 is 0 Å². The molecule has 7 heteroatoms. The summed E-state index contributed by atoms with van der Waals surface area (Å²) in [6.45, 7) is 5.91. The Balaban J connectivity index is 1.77. The Hall–Kier alpha value is -3.09. The van der Waals surface area contributed by atoms with Crippen LogP contribution in [0.2, 0.25) is 0 Å². The minimum atomic E-state index is -0.613. The molecular weight excluding hydrogens is 411 g/mol. The van der Waals surface area contributed by atoms with Gasteiger partial charge < -0.3 is 19.3 Å². The molecule has 2 amide bonds. The molecule has 0 aromatic heterocycles. The van der Waals surface area contributed by atoms with Crippen LogP contribution in [0, 0.1) is 5.82 Å². The molecule has 6 nitrogen and oxygen atoms in total. The number of hydrogen-bond acceptors (Lipinski definition) is 4. The van der Waals surface area contributed by atoms with Crippen LogP contribution in [-0.4, -0.2) is 47.2 Å². The van der Waals surface area contributed by atoms with Crippen molar-refractivity contribution in [2.45, 2.75) is 57.9 Å². The smallest absolute Gasteiger partial charge is 0.410 e. The molecule has 2 aromatic carbocycles. The van der Waals surface area contributed by atoms with Crippen LogP contribution in [0.15, 0.2) is 54.6 Å². The third kappa shape index (κ3) is 5.99. The summed E-state index contributed by atoms with van der Waals surface area (Å²) in [6, 6.07) is 15.1. The molecular formula is C25H31FN2O4. The van der Waals surface area contributed by atoms with Crippen LogP contribution in [0.1, 0.15) is 50.8 Å². The van der Waals surface area contributed by atoms with E-state index < -0.39 is 23.8 Å². The molecule has 2 atom stereocenters. The number of carbonyl (C=O) groups excluding carboxylic acids is 2. The SMILES string of the molecule is CN(C(=O)OC(C)(C)C)C1CCN(C(=O)OCc2ccccc2)C(c2ccccc2F)C1. The van der Waals surface area contributed by atoms with Gasteiger partial charge in [-0.2, -0.15) is 0 Å². The van der Waals surface area contributed by atoms with Crippen LogP contribution in [0.25, 0.3) is 0 Å². The van der Waals surface area contributed by atoms with Crippen molar-refractivity contribution in [3.8, 4) is 0 Å². The standard InChI is InChI=1S/C25H31FN2O4/c1-25(2,3)32-23(29)27(4)19-14-15-28(22(16-19)20-12-8-9-13-21(20)26)24(30)31-17-18-10-6-5-7-11-18/h5-13,19,22H,14-17H2,1-4H3. The first kappa shape index (κ1) is 23.6. The topological polar surface area (TPSA) is 59.1 Å². The second kappa shape index (κ2) is 10.0. The second-order valence-corrected chi connectivity index (χ2v) is 9.04. The number of rotatable bonds is 4. The maximum atomic E-state index is 14.7. The highest BCUT2D eigenvalue weighted by Crippen LogP contribution is 2.35. The first-order valence-corrected chi connectivity index (χ1v) is 10.8. The second-order valence-electron chi connectivity index (χ2n) is 9.04. The number of amides is 2. The lowest BCUT2D eigenvalue weighted by molar-refractivity contribution is 0.00720. The van der Waals surface area contributed by atoms with E-state index in [9.17, 15) is 14.0 Å². The molecule has 0 saturated carbocycles. The van der Waals surface area contributed by atoms with Gasteiger partial charge in [0.2, 0.25) is 0 Å². The fourth-order valence-corrected chi connectivity index (χ4v) is 3.84. The molecule has 1 fully saturated rings. The van der Waals surface area contributed by atoms with E-state index in [2.05, 4.69) is 0 Å². The predicted molar refractivity (Wildman–Crippen MR) is 119 cm³/mol. The highest BCUT2D eigenvalue weighted by molar-refractivity contribution is 5.70. The number of piperidine rings is 1. The zero-order chi connectivity index (χ0) is 23.3. The average molecular weight is 443 g/mol. The number of halogens is 1. The Labute approximate surface area is 188 Å². The molecule has 32 heavy (non-hydrogen) atoms. The summed E-state index contributed by atoms with van der Waals surface area (Å²) < 4.78 is 25.7. The van der Waals surface area contributed by atoms with Crippen LogP contribution in [0.3, 0.4) is 0 Å². The summed E-state index contributed by atoms with van der Waals surface area (Å²) in [4.78, 5) is 28.6. The van der Waals surface area contributed by atoms with Gasteiger partial charge >= 0.3 is 12.2 Å². The maximum absolute atomic E-state index is 14.7. The molecule has 2 aromatic rings. The summed E-state index contributed by atoms with van der Waals surface area (Å²) in [5.74, 6) is -0.390. The molecule has 2 unspecified atom stereocenters. The number of benzene rings is 2. The first-order chi connectivity index (χ1) is 15.2. The summed E-state index contributed by atoms with van der Waals surface area (Å²) in [5.41, 5.74) is 0.674. The monoisotopic (exact) mass is 442 g/mol. The Kier molecular flexibility index (Phi) is 7.38. The Morgan fingerprint density at radius 3 is 2.41 bits per heavy atom. The fraction of sp³-hybridized carbons (Fsp3) is 0.440. The van der Waals surface area contributed by atoms with Crippen LogP contribution in [0.4, 0.5) is 14.0 Å². The third-order valence-electron chi connectivity index (χ3n) is 5.51. The van der Waals surface area contributed by atoms with Crippen molar-refractivity contribution in [2.75, 3.05) is 13.6 Å². The van der Waals surface area contributed by atoms with Gasteiger partial charge in [0.15, 0.2) is 0 Å². The third-order valence-corrected chi connectivity index (χ3v) is 5.51. The van der Waals surface area contributed by atoms with Crippen LogP contribution < -0.4 is 0 Å². The summed E-state index contributed by atoms with van der Waals surface area (Å²) in [7, 11) is 1.68. The Morgan fingerprint density at radius 2 is 1.75 bits per heavy atom. The van der Waals surface area contributed by atoms with Gasteiger partial charge in [0.1, 0.15) is 18.0 Å². The molecule has 1 aliphatic rings. The lowest BCUT2D eigenvalue weighted by Gasteiger charge is -2.42. The number of nitrogens with zero attached hydrogens (tertiary/aromatic N) is 2. The molecule has 0 N–H and O–H groups in total. The number of carbonyl (C=O) groups is 2. The molecule has 1 heterocycles. The van der Waals surface area contributed by atoms with Gasteiger partial charge in [0, 0.05) is 25.2 Å². The van der Waals surface area contributed by atoms with E-state index in [1.807, 2.05) is 51.1 Å². The van der Waals surface area contributed by atoms with Crippen molar-refractivity contribution in [1.82, 2.24) is 9.80 Å². The van der Waals surface area contributed by atoms with Gasteiger partial charge in [0.25, 0.3) is 0 Å². The van der Waals surface area contributed by atoms with E-state index in [0.717, 1.165) is 5.56 Å². The molecule has 3 rings (SSSR count). The van der Waals surface area contributed by atoms with Crippen molar-refractivity contribution in [2.24, 2.45) is 0 Å². The van der Waals surface area contributed by atoms with Crippen molar-refractivity contribution in [1.29, 1.82) is 0 Å². The Morgan fingerprint density at radius 1 is 1.09 bits per heavy atom. The minimum Gasteiger partial charge on any atom is -0.445 e. The van der Waals surface area contributed by atoms with E-state index in [-0.39, 0.29) is 18.5 Å². The number of ether oxygens (including phenoxy) is 2. The van der Waals surface area contributed by atoms with Crippen molar-refractivity contribution >= 4 is 12.2 Å². The zero-order valence-corrected chi connectivity index (χ0v) is 19.1. The van der Waals surface area contributed by atoms with Crippen LogP contribution in [-0.2, 0) is 16.1 Å². The van der Waals surface area contributed by atoms with Gasteiger partial charge in [-0.3, -0.25) is 0 Å². The number of likely N-dealkylation sites (tertiary alicyclic amines) is 1. The number of hydrogen-bond donors (Lipinski definition) is 0. The van der Waals surface area contributed by atoms with Crippen molar-refractivity contribution in [3.63, 3.8) is 0 Å². The largest absolute Gasteiger partial charge is 0.445 e.